The van der Waals surface area contributed by atoms with Crippen molar-refractivity contribution in [3.63, 3.8) is 0 Å². The van der Waals surface area contributed by atoms with Crippen molar-refractivity contribution in [1.29, 1.82) is 0 Å². The van der Waals surface area contributed by atoms with Gasteiger partial charge in [0.1, 0.15) is 11.5 Å². The summed E-state index contributed by atoms with van der Waals surface area (Å²) in [7, 11) is 0. The van der Waals surface area contributed by atoms with E-state index >= 15 is 0 Å². The van der Waals surface area contributed by atoms with Gasteiger partial charge in [-0.15, -0.1) is 0 Å². The van der Waals surface area contributed by atoms with Crippen molar-refractivity contribution in [3.05, 3.63) is 54.6 Å². The van der Waals surface area contributed by atoms with Gasteiger partial charge >= 0.3 is 0 Å². The third-order valence-electron chi connectivity index (χ3n) is 3.52. The summed E-state index contributed by atoms with van der Waals surface area (Å²) in [6, 6.07) is 16.8. The highest BCUT2D eigenvalue weighted by molar-refractivity contribution is 5.92. The number of anilines is 1. The Morgan fingerprint density at radius 2 is 1.60 bits per heavy atom. The van der Waals surface area contributed by atoms with Gasteiger partial charge in [0.05, 0.1) is 0 Å². The zero-order chi connectivity index (χ0) is 18.2. The van der Waals surface area contributed by atoms with Crippen LogP contribution in [0.15, 0.2) is 54.6 Å². The van der Waals surface area contributed by atoms with Crippen LogP contribution < -0.4 is 15.0 Å². The molecule has 2 rings (SSSR count). The number of para-hydroxylation sites is 1. The van der Waals surface area contributed by atoms with Crippen LogP contribution in [0.1, 0.15) is 27.2 Å². The molecule has 132 valence electrons. The van der Waals surface area contributed by atoms with E-state index in [1.54, 1.807) is 4.90 Å². The normalized spacial score (nSPS) is 10.4. The quantitative estimate of drug-likeness (QED) is 0.835. The summed E-state index contributed by atoms with van der Waals surface area (Å²) >= 11 is 0. The van der Waals surface area contributed by atoms with Crippen molar-refractivity contribution in [1.82, 2.24) is 5.32 Å². The highest BCUT2D eigenvalue weighted by Gasteiger charge is 2.14. The first-order valence-corrected chi connectivity index (χ1v) is 8.36. The molecule has 0 unspecified atom stereocenters. The van der Waals surface area contributed by atoms with E-state index in [4.69, 9.17) is 4.74 Å². The largest absolute Gasteiger partial charge is 0.457 e. The Balaban J connectivity index is 2.01. The second-order valence-electron chi connectivity index (χ2n) is 6.05. The number of hydrogen-bond acceptors (Lipinski definition) is 3. The van der Waals surface area contributed by atoms with Crippen molar-refractivity contribution in [2.45, 2.75) is 33.2 Å². The van der Waals surface area contributed by atoms with Crippen molar-refractivity contribution in [2.75, 3.05) is 11.4 Å². The molecule has 0 radical (unpaired) electrons. The number of amides is 2. The first-order valence-electron chi connectivity index (χ1n) is 8.36. The molecule has 0 saturated heterocycles. The van der Waals surface area contributed by atoms with Gasteiger partial charge in [-0.1, -0.05) is 18.2 Å². The number of nitrogens with one attached hydrogen (secondary N) is 1. The summed E-state index contributed by atoms with van der Waals surface area (Å²) in [5.74, 6) is 1.28. The van der Waals surface area contributed by atoms with E-state index in [1.165, 1.54) is 6.92 Å². The molecule has 2 amide bonds. The summed E-state index contributed by atoms with van der Waals surface area (Å²) in [6.07, 6.45) is 0.264. The van der Waals surface area contributed by atoms with Crippen LogP contribution in [0.25, 0.3) is 0 Å². The van der Waals surface area contributed by atoms with Crippen molar-refractivity contribution in [2.24, 2.45) is 0 Å². The van der Waals surface area contributed by atoms with Crippen LogP contribution in [0, 0.1) is 0 Å². The van der Waals surface area contributed by atoms with E-state index in [-0.39, 0.29) is 24.3 Å². The third kappa shape index (κ3) is 5.95. The van der Waals surface area contributed by atoms with Gasteiger partial charge in [-0.25, -0.2) is 0 Å². The van der Waals surface area contributed by atoms with Gasteiger partial charge in [0.2, 0.25) is 11.8 Å². The zero-order valence-corrected chi connectivity index (χ0v) is 14.9. The number of carbonyl (C=O) groups is 2. The predicted molar refractivity (Wildman–Crippen MR) is 98.9 cm³/mol. The van der Waals surface area contributed by atoms with E-state index < -0.39 is 0 Å². The number of ether oxygens (including phenoxy) is 1. The molecule has 0 aliphatic carbocycles. The number of nitrogens with zero attached hydrogens (tertiary/aromatic N) is 1. The van der Waals surface area contributed by atoms with Gasteiger partial charge in [0.25, 0.3) is 0 Å². The van der Waals surface area contributed by atoms with Gasteiger partial charge in [-0.05, 0) is 50.2 Å². The van der Waals surface area contributed by atoms with E-state index in [2.05, 4.69) is 5.32 Å². The SMILES string of the molecule is CC(=O)N(CCC(=O)NC(C)C)c1ccc(Oc2ccccc2)cc1. The van der Waals surface area contributed by atoms with Crippen LogP contribution in [0.3, 0.4) is 0 Å². The molecule has 0 heterocycles. The zero-order valence-electron chi connectivity index (χ0n) is 14.9. The van der Waals surface area contributed by atoms with Crippen LogP contribution in [0.5, 0.6) is 11.5 Å². The maximum atomic E-state index is 11.9. The molecular weight excluding hydrogens is 316 g/mol. The fourth-order valence-electron chi connectivity index (χ4n) is 2.39. The summed E-state index contributed by atoms with van der Waals surface area (Å²) < 4.78 is 5.75. The van der Waals surface area contributed by atoms with Crippen LogP contribution >= 0.6 is 0 Å². The van der Waals surface area contributed by atoms with Crippen LogP contribution in [-0.4, -0.2) is 24.4 Å². The molecule has 5 heteroatoms. The number of hydrogen-bond donors (Lipinski definition) is 1. The standard InChI is InChI=1S/C20H24N2O3/c1-15(2)21-20(24)13-14-22(16(3)23)17-9-11-19(12-10-17)25-18-7-5-4-6-8-18/h4-12,15H,13-14H2,1-3H3,(H,21,24). The van der Waals surface area contributed by atoms with E-state index in [1.807, 2.05) is 68.4 Å². The third-order valence-corrected chi connectivity index (χ3v) is 3.52. The summed E-state index contributed by atoms with van der Waals surface area (Å²) in [5.41, 5.74) is 0.741. The molecule has 25 heavy (non-hydrogen) atoms. The highest BCUT2D eigenvalue weighted by atomic mass is 16.5. The average Bonchev–Trinajstić information content (AvgIpc) is 2.56. The Morgan fingerprint density at radius 3 is 2.16 bits per heavy atom. The lowest BCUT2D eigenvalue weighted by Crippen LogP contribution is -2.36. The molecule has 2 aromatic rings. The summed E-state index contributed by atoms with van der Waals surface area (Å²) in [6.45, 7) is 5.65. The minimum absolute atomic E-state index is 0.0646. The van der Waals surface area contributed by atoms with E-state index in [0.717, 1.165) is 11.4 Å². The average molecular weight is 340 g/mol. The topological polar surface area (TPSA) is 58.6 Å². The Kier molecular flexibility index (Phi) is 6.57. The van der Waals surface area contributed by atoms with Gasteiger partial charge in [-0.2, -0.15) is 0 Å². The molecule has 1 N–H and O–H groups in total. The lowest BCUT2D eigenvalue weighted by atomic mass is 10.2. The summed E-state index contributed by atoms with van der Waals surface area (Å²) in [4.78, 5) is 25.3. The van der Waals surface area contributed by atoms with E-state index in [9.17, 15) is 9.59 Å². The first kappa shape index (κ1) is 18.5. The minimum atomic E-state index is -0.103. The van der Waals surface area contributed by atoms with Crippen molar-refractivity contribution < 1.29 is 14.3 Å². The molecule has 0 aliphatic rings. The highest BCUT2D eigenvalue weighted by Crippen LogP contribution is 2.24. The molecule has 2 aromatic carbocycles. The number of rotatable bonds is 7. The van der Waals surface area contributed by atoms with Crippen LogP contribution in [0.2, 0.25) is 0 Å². The molecule has 5 nitrogen and oxygen atoms in total. The lowest BCUT2D eigenvalue weighted by molar-refractivity contribution is -0.121. The maximum Gasteiger partial charge on any atom is 0.223 e. The molecule has 0 fully saturated rings. The monoisotopic (exact) mass is 340 g/mol. The van der Waals surface area contributed by atoms with Crippen LogP contribution in [-0.2, 0) is 9.59 Å². The Bertz CT molecular complexity index is 697. The molecule has 0 aliphatic heterocycles. The first-order chi connectivity index (χ1) is 12.0. The Labute approximate surface area is 148 Å². The van der Waals surface area contributed by atoms with Crippen molar-refractivity contribution in [3.8, 4) is 11.5 Å². The molecule has 0 atom stereocenters. The molecule has 0 spiro atoms. The fraction of sp³-hybridized carbons (Fsp3) is 0.300. The lowest BCUT2D eigenvalue weighted by Gasteiger charge is -2.21. The molecule has 0 bridgehead atoms. The number of benzene rings is 2. The Morgan fingerprint density at radius 1 is 1.00 bits per heavy atom. The predicted octanol–water partition coefficient (Wildman–Crippen LogP) is 3.75. The Hall–Kier alpha value is -2.82. The molecule has 0 saturated carbocycles. The molecule has 0 aromatic heterocycles. The fourth-order valence-corrected chi connectivity index (χ4v) is 2.39. The number of carbonyl (C=O) groups excluding carboxylic acids is 2. The second kappa shape index (κ2) is 8.87. The van der Waals surface area contributed by atoms with E-state index in [0.29, 0.717) is 12.3 Å². The van der Waals surface area contributed by atoms with Gasteiger partial charge in [0, 0.05) is 31.6 Å². The van der Waals surface area contributed by atoms with Gasteiger partial charge in [0.15, 0.2) is 0 Å². The smallest absolute Gasteiger partial charge is 0.223 e. The summed E-state index contributed by atoms with van der Waals surface area (Å²) in [5, 5.41) is 2.83. The van der Waals surface area contributed by atoms with Gasteiger partial charge < -0.3 is 15.0 Å². The second-order valence-corrected chi connectivity index (χ2v) is 6.05. The van der Waals surface area contributed by atoms with Crippen LogP contribution in [0.4, 0.5) is 5.69 Å². The maximum absolute atomic E-state index is 11.9. The minimum Gasteiger partial charge on any atom is -0.457 e. The van der Waals surface area contributed by atoms with Crippen molar-refractivity contribution >= 4 is 17.5 Å². The van der Waals surface area contributed by atoms with Gasteiger partial charge in [-0.3, -0.25) is 9.59 Å². The molecular formula is C20H24N2O3.